The number of benzene rings is 2. The van der Waals surface area contributed by atoms with Gasteiger partial charge in [0.05, 0.1) is 8.49 Å². The van der Waals surface area contributed by atoms with E-state index in [1.54, 1.807) is 18.2 Å². The third-order valence-electron chi connectivity index (χ3n) is 2.50. The van der Waals surface area contributed by atoms with Crippen LogP contribution in [0.25, 0.3) is 0 Å². The summed E-state index contributed by atoms with van der Waals surface area (Å²) in [5, 5.41) is 10.8. The number of hydrogen-bond donors (Lipinski definition) is 0. The van der Waals surface area contributed by atoms with Gasteiger partial charge in [-0.2, -0.15) is 0 Å². The fourth-order valence-electron chi connectivity index (χ4n) is 1.60. The van der Waals surface area contributed by atoms with E-state index in [0.717, 1.165) is 9.32 Å². The van der Waals surface area contributed by atoms with E-state index in [1.165, 1.54) is 6.07 Å². The van der Waals surface area contributed by atoms with E-state index in [-0.39, 0.29) is 18.0 Å². The molecule has 5 nitrogen and oxygen atoms in total. The van der Waals surface area contributed by atoms with Gasteiger partial charge in [-0.3, -0.25) is 10.1 Å². The van der Waals surface area contributed by atoms with Crippen molar-refractivity contribution in [1.82, 2.24) is 0 Å². The van der Waals surface area contributed by atoms with Crippen LogP contribution in [0.2, 0.25) is 0 Å². The topological polar surface area (TPSA) is 61.6 Å². The van der Waals surface area contributed by atoms with Crippen LogP contribution in [0.15, 0.2) is 48.5 Å². The molecular weight excluding hydrogens is 373 g/mol. The number of nitrogens with zero attached hydrogens (tertiary/aromatic N) is 1. The molecule has 104 valence electrons. The summed E-state index contributed by atoms with van der Waals surface area (Å²) in [6.45, 7) is 0.571. The van der Waals surface area contributed by atoms with Gasteiger partial charge in [0, 0.05) is 6.07 Å². The minimum absolute atomic E-state index is 0.0400. The van der Waals surface area contributed by atoms with Crippen LogP contribution < -0.4 is 9.47 Å². The molecule has 0 heterocycles. The van der Waals surface area contributed by atoms with Crippen LogP contribution in [0.3, 0.4) is 0 Å². The average Bonchev–Trinajstić information content (AvgIpc) is 2.45. The SMILES string of the molecule is O=[N+]([O-])c1ccccc1OCCOc1ccccc1I. The summed E-state index contributed by atoms with van der Waals surface area (Å²) >= 11 is 2.18. The normalized spacial score (nSPS) is 10.1. The molecule has 2 aromatic rings. The van der Waals surface area contributed by atoms with Crippen LogP contribution in [0, 0.1) is 13.7 Å². The lowest BCUT2D eigenvalue weighted by molar-refractivity contribution is -0.385. The van der Waals surface area contributed by atoms with Crippen LogP contribution in [-0.2, 0) is 0 Å². The summed E-state index contributed by atoms with van der Waals surface area (Å²) in [6, 6.07) is 13.9. The summed E-state index contributed by atoms with van der Waals surface area (Å²) in [4.78, 5) is 10.4. The molecule has 0 aromatic heterocycles. The molecule has 0 saturated heterocycles. The first-order valence-corrected chi connectivity index (χ1v) is 7.00. The lowest BCUT2D eigenvalue weighted by atomic mass is 10.3. The minimum atomic E-state index is -0.462. The number of ether oxygens (including phenoxy) is 2. The highest BCUT2D eigenvalue weighted by atomic mass is 127. The molecule has 0 amide bonds. The predicted molar refractivity (Wildman–Crippen MR) is 83.2 cm³/mol. The lowest BCUT2D eigenvalue weighted by Crippen LogP contribution is -2.10. The van der Waals surface area contributed by atoms with Gasteiger partial charge in [0.15, 0.2) is 5.75 Å². The molecule has 2 rings (SSSR count). The molecule has 0 spiro atoms. The maximum Gasteiger partial charge on any atom is 0.310 e. The molecule has 20 heavy (non-hydrogen) atoms. The van der Waals surface area contributed by atoms with Crippen molar-refractivity contribution in [2.45, 2.75) is 0 Å². The highest BCUT2D eigenvalue weighted by Crippen LogP contribution is 2.25. The van der Waals surface area contributed by atoms with Crippen LogP contribution >= 0.6 is 22.6 Å². The summed E-state index contributed by atoms with van der Waals surface area (Å²) in [7, 11) is 0. The van der Waals surface area contributed by atoms with E-state index in [0.29, 0.717) is 6.61 Å². The zero-order valence-electron chi connectivity index (χ0n) is 10.5. The van der Waals surface area contributed by atoms with Crippen molar-refractivity contribution in [2.24, 2.45) is 0 Å². The van der Waals surface area contributed by atoms with E-state index in [2.05, 4.69) is 22.6 Å². The Morgan fingerprint density at radius 1 is 0.950 bits per heavy atom. The highest BCUT2D eigenvalue weighted by Gasteiger charge is 2.13. The number of rotatable bonds is 6. The maximum atomic E-state index is 10.8. The number of halogens is 1. The van der Waals surface area contributed by atoms with E-state index in [1.807, 2.05) is 24.3 Å². The molecule has 2 aromatic carbocycles. The molecule has 0 bridgehead atoms. The lowest BCUT2D eigenvalue weighted by Gasteiger charge is -2.09. The Bertz CT molecular complexity index is 603. The zero-order chi connectivity index (χ0) is 14.4. The molecule has 0 aliphatic rings. The fourth-order valence-corrected chi connectivity index (χ4v) is 2.14. The van der Waals surface area contributed by atoms with Crippen molar-refractivity contribution in [3.05, 3.63) is 62.2 Å². The number of nitro groups is 1. The number of para-hydroxylation sites is 3. The van der Waals surface area contributed by atoms with Crippen molar-refractivity contribution in [3.8, 4) is 11.5 Å². The second-order valence-electron chi connectivity index (χ2n) is 3.85. The van der Waals surface area contributed by atoms with E-state index in [9.17, 15) is 10.1 Å². The first-order chi connectivity index (χ1) is 9.68. The van der Waals surface area contributed by atoms with Crippen LogP contribution in [-0.4, -0.2) is 18.1 Å². The summed E-state index contributed by atoms with van der Waals surface area (Å²) < 4.78 is 12.0. The summed E-state index contributed by atoms with van der Waals surface area (Å²) in [5.41, 5.74) is -0.0400. The highest BCUT2D eigenvalue weighted by molar-refractivity contribution is 14.1. The van der Waals surface area contributed by atoms with Gasteiger partial charge in [-0.25, -0.2) is 0 Å². The summed E-state index contributed by atoms with van der Waals surface area (Å²) in [5.74, 6) is 1.03. The standard InChI is InChI=1S/C14H12INO4/c15-11-5-1-3-7-13(11)19-9-10-20-14-8-4-2-6-12(14)16(17)18/h1-8H,9-10H2. The number of hydrogen-bond acceptors (Lipinski definition) is 4. The van der Waals surface area contributed by atoms with Gasteiger partial charge in [-0.15, -0.1) is 0 Å². The molecule has 6 heteroatoms. The first kappa shape index (κ1) is 14.6. The van der Waals surface area contributed by atoms with Crippen molar-refractivity contribution in [1.29, 1.82) is 0 Å². The second kappa shape index (κ2) is 7.09. The Morgan fingerprint density at radius 2 is 1.50 bits per heavy atom. The van der Waals surface area contributed by atoms with E-state index >= 15 is 0 Å². The second-order valence-corrected chi connectivity index (χ2v) is 5.01. The number of nitro benzene ring substituents is 1. The molecule has 0 atom stereocenters. The van der Waals surface area contributed by atoms with Gasteiger partial charge in [0.2, 0.25) is 0 Å². The van der Waals surface area contributed by atoms with Crippen molar-refractivity contribution in [2.75, 3.05) is 13.2 Å². The van der Waals surface area contributed by atoms with Gasteiger partial charge < -0.3 is 9.47 Å². The molecule has 0 N–H and O–H groups in total. The maximum absolute atomic E-state index is 10.8. The molecule has 0 aliphatic heterocycles. The molecule has 0 unspecified atom stereocenters. The Balaban J connectivity index is 1.88. The van der Waals surface area contributed by atoms with Crippen molar-refractivity contribution < 1.29 is 14.4 Å². The van der Waals surface area contributed by atoms with Crippen LogP contribution in [0.5, 0.6) is 11.5 Å². The molecule has 0 aliphatic carbocycles. The zero-order valence-corrected chi connectivity index (χ0v) is 12.6. The van der Waals surface area contributed by atoms with Crippen LogP contribution in [0.1, 0.15) is 0 Å². The smallest absolute Gasteiger partial charge is 0.310 e. The molecule has 0 saturated carbocycles. The first-order valence-electron chi connectivity index (χ1n) is 5.92. The molecule has 0 fully saturated rings. The van der Waals surface area contributed by atoms with Gasteiger partial charge >= 0.3 is 5.69 Å². The van der Waals surface area contributed by atoms with Gasteiger partial charge in [0.1, 0.15) is 19.0 Å². The monoisotopic (exact) mass is 385 g/mol. The average molecular weight is 385 g/mol. The van der Waals surface area contributed by atoms with Crippen LogP contribution in [0.4, 0.5) is 5.69 Å². The summed E-state index contributed by atoms with van der Waals surface area (Å²) in [6.07, 6.45) is 0. The largest absolute Gasteiger partial charge is 0.489 e. The molecular formula is C14H12INO4. The van der Waals surface area contributed by atoms with Crippen molar-refractivity contribution >= 4 is 28.3 Å². The Kier molecular flexibility index (Phi) is 5.16. The minimum Gasteiger partial charge on any atom is -0.489 e. The van der Waals surface area contributed by atoms with E-state index in [4.69, 9.17) is 9.47 Å². The Morgan fingerprint density at radius 3 is 2.15 bits per heavy atom. The Hall–Kier alpha value is -1.83. The molecule has 0 radical (unpaired) electrons. The third-order valence-corrected chi connectivity index (χ3v) is 3.39. The fraction of sp³-hybridized carbons (Fsp3) is 0.143. The predicted octanol–water partition coefficient (Wildman–Crippen LogP) is 3.66. The van der Waals surface area contributed by atoms with Crippen molar-refractivity contribution in [3.63, 3.8) is 0 Å². The third kappa shape index (κ3) is 3.83. The van der Waals surface area contributed by atoms with Gasteiger partial charge in [-0.05, 0) is 40.8 Å². The van der Waals surface area contributed by atoms with Gasteiger partial charge in [0.25, 0.3) is 0 Å². The quantitative estimate of drug-likeness (QED) is 0.330. The van der Waals surface area contributed by atoms with E-state index < -0.39 is 4.92 Å². The van der Waals surface area contributed by atoms with Gasteiger partial charge in [-0.1, -0.05) is 24.3 Å². The Labute approximate surface area is 129 Å².